The Bertz CT molecular complexity index is 5040. The van der Waals surface area contributed by atoms with Crippen molar-refractivity contribution in [2.75, 3.05) is 61.3 Å². The Morgan fingerprint density at radius 1 is 0.358 bits per heavy atom. The van der Waals surface area contributed by atoms with Gasteiger partial charge in [-0.2, -0.15) is 0 Å². The fraction of sp³-hybridized carbons (Fsp3) is 0.188. The van der Waals surface area contributed by atoms with Crippen LogP contribution >= 0.6 is 0 Å². The predicted molar refractivity (Wildman–Crippen MR) is 408 cm³/mol. The summed E-state index contributed by atoms with van der Waals surface area (Å²) in [6.07, 6.45) is 4.22. The van der Waals surface area contributed by atoms with Crippen LogP contribution < -0.4 is 40.8 Å². The lowest BCUT2D eigenvalue weighted by Gasteiger charge is -2.44. The number of carbonyl (C=O) groups is 6. The molecular weight excluding hydrogens is 1390 g/mol. The number of benzene rings is 8. The third kappa shape index (κ3) is 17.6. The standard InChI is InChI=1S/C32H31N3O5.C30H27N3O5.C23H21N3O5/c1-2-39-28(37)19-20-33-23-35(29(25-14-8-4-9-15-25)26-16-10-5-11-17-26)34-21-18-27(36)31(30(34)32(33)38)40-22-24-12-6-3-7-13-24;34-25-16-19-32-28(29(25)38-20-22-10-4-1-5-11-22)30(37)31(18-17-26(35)36)21-33(32)27(23-12-6-2-7-13-23)24-14-8-3-9-15-24;27-18-11-14-25-21(22(18)30)23(31)24(13-12-19(28)29)15-26(25)20(16-7-3-1-4-8-16)17-9-5-2-6-10-17/h3-18,21,29H,2,19-20,22-23H2,1H3;1-16,19,27H,17-18,20-21H2,(H,35,36);1-11,14,20,30H,12-13,15H2,(H,28,29). The minimum absolute atomic E-state index is 0.0117. The van der Waals surface area contributed by atoms with Gasteiger partial charge in [-0.25, -0.2) is 0 Å². The van der Waals surface area contributed by atoms with Gasteiger partial charge >= 0.3 is 17.9 Å². The largest absolute Gasteiger partial charge is 0.502 e. The highest BCUT2D eigenvalue weighted by molar-refractivity contribution is 5.98. The summed E-state index contributed by atoms with van der Waals surface area (Å²) < 4.78 is 22.0. The number of hydrogen-bond donors (Lipinski definition) is 3. The second-order valence-electron chi connectivity index (χ2n) is 25.6. The highest BCUT2D eigenvalue weighted by Crippen LogP contribution is 2.37. The smallest absolute Gasteiger partial charge is 0.307 e. The zero-order valence-corrected chi connectivity index (χ0v) is 59.5. The Morgan fingerprint density at radius 2 is 0.624 bits per heavy atom. The molecule has 8 aromatic carbocycles. The van der Waals surface area contributed by atoms with Gasteiger partial charge < -0.3 is 44.2 Å². The summed E-state index contributed by atoms with van der Waals surface area (Å²) in [4.78, 5) is 118. The van der Waals surface area contributed by atoms with Crippen LogP contribution in [0.1, 0.15) is 120 Å². The van der Waals surface area contributed by atoms with E-state index >= 15 is 0 Å². The zero-order valence-electron chi connectivity index (χ0n) is 59.5. The van der Waals surface area contributed by atoms with Crippen LogP contribution in [-0.2, 0) is 32.3 Å². The van der Waals surface area contributed by atoms with Crippen molar-refractivity contribution in [1.82, 2.24) is 28.7 Å². The third-order valence-electron chi connectivity index (χ3n) is 18.5. The molecule has 0 bridgehead atoms. The van der Waals surface area contributed by atoms with Gasteiger partial charge in [-0.3, -0.25) is 72.2 Å². The van der Waals surface area contributed by atoms with E-state index in [-0.39, 0.29) is 137 Å². The molecule has 0 radical (unpaired) electrons. The highest BCUT2D eigenvalue weighted by Gasteiger charge is 2.41. The van der Waals surface area contributed by atoms with Crippen LogP contribution in [0, 0.1) is 0 Å². The molecule has 0 atom stereocenters. The molecule has 6 heterocycles. The lowest BCUT2D eigenvalue weighted by Crippen LogP contribution is -2.56. The molecule has 3 aliphatic rings. The van der Waals surface area contributed by atoms with Crippen molar-refractivity contribution in [1.29, 1.82) is 0 Å². The monoisotopic (exact) mass is 1470 g/mol. The third-order valence-corrected chi connectivity index (χ3v) is 18.5. The Kier molecular flexibility index (Phi) is 24.3. The molecule has 24 nitrogen and oxygen atoms in total. The van der Waals surface area contributed by atoms with Gasteiger partial charge in [0, 0.05) is 56.4 Å². The number of ether oxygens (including phenoxy) is 3. The van der Waals surface area contributed by atoms with Gasteiger partial charge in [0.15, 0.2) is 34.3 Å². The van der Waals surface area contributed by atoms with Gasteiger partial charge in [-0.1, -0.05) is 243 Å². The minimum Gasteiger partial charge on any atom is -0.502 e. The SMILES string of the molecule is CCOC(=O)CCN1CN(C(c2ccccc2)c2ccccc2)n2ccc(=O)c(OCc3ccccc3)c2C1=O.O=C(O)CCN1CN(C(c2ccccc2)c2ccccc2)n2ccc(=O)c(O)c2C1=O.O=C(O)CCN1CN(C(c2ccccc2)c2ccccc2)n2ccc(=O)c(OCc3ccccc3)c2C1=O. The van der Waals surface area contributed by atoms with Gasteiger partial charge in [0.2, 0.25) is 16.3 Å². The number of aliphatic carboxylic acids is 2. The Hall–Kier alpha value is -13.8. The number of amides is 3. The maximum absolute atomic E-state index is 13.9. The summed E-state index contributed by atoms with van der Waals surface area (Å²) in [7, 11) is 0. The van der Waals surface area contributed by atoms with Crippen molar-refractivity contribution in [2.24, 2.45) is 0 Å². The molecule has 3 amide bonds. The first-order valence-corrected chi connectivity index (χ1v) is 35.4. The van der Waals surface area contributed by atoms with Crippen LogP contribution in [-0.4, -0.2) is 126 Å². The summed E-state index contributed by atoms with van der Waals surface area (Å²) in [6.45, 7) is 2.69. The number of esters is 1. The zero-order chi connectivity index (χ0) is 76.3. The molecule has 0 fully saturated rings. The summed E-state index contributed by atoms with van der Waals surface area (Å²) in [6, 6.07) is 80.8. The second-order valence-corrected chi connectivity index (χ2v) is 25.6. The van der Waals surface area contributed by atoms with Crippen molar-refractivity contribution in [3.63, 3.8) is 0 Å². The first-order valence-electron chi connectivity index (χ1n) is 35.4. The van der Waals surface area contributed by atoms with Crippen molar-refractivity contribution in [2.45, 2.75) is 57.5 Å². The van der Waals surface area contributed by atoms with Crippen LogP contribution in [0.2, 0.25) is 0 Å². The van der Waals surface area contributed by atoms with Gasteiger partial charge in [0.1, 0.15) is 33.2 Å². The van der Waals surface area contributed by atoms with E-state index in [1.165, 1.54) is 38.9 Å². The molecule has 0 saturated carbocycles. The minimum atomic E-state index is -1.04. The first kappa shape index (κ1) is 74.9. The van der Waals surface area contributed by atoms with Crippen LogP contribution in [0.5, 0.6) is 17.2 Å². The van der Waals surface area contributed by atoms with Crippen molar-refractivity contribution in [3.8, 4) is 17.2 Å². The maximum Gasteiger partial charge on any atom is 0.307 e. The fourth-order valence-corrected chi connectivity index (χ4v) is 13.4. The summed E-state index contributed by atoms with van der Waals surface area (Å²) >= 11 is 0. The van der Waals surface area contributed by atoms with E-state index in [0.29, 0.717) is 0 Å². The van der Waals surface area contributed by atoms with E-state index in [2.05, 4.69) is 0 Å². The van der Waals surface area contributed by atoms with Crippen LogP contribution in [0.4, 0.5) is 0 Å². The first-order chi connectivity index (χ1) is 53.1. The summed E-state index contributed by atoms with van der Waals surface area (Å²) in [5.41, 5.74) is 6.08. The number of rotatable bonds is 25. The van der Waals surface area contributed by atoms with Gasteiger partial charge in [-0.15, -0.1) is 0 Å². The van der Waals surface area contributed by atoms with E-state index in [1.54, 1.807) is 33.6 Å². The average Bonchev–Trinajstić information content (AvgIpc) is 0.760. The molecule has 14 rings (SSSR count). The topological polar surface area (TPSA) is 276 Å². The molecule has 3 aliphatic heterocycles. The number of fused-ring (bicyclic) bond motifs is 3. The normalized spacial score (nSPS) is 13.0. The van der Waals surface area contributed by atoms with E-state index in [0.717, 1.165) is 44.5 Å². The molecule has 0 unspecified atom stereocenters. The van der Waals surface area contributed by atoms with Crippen LogP contribution in [0.25, 0.3) is 0 Å². The number of hydrogen-bond acceptors (Lipinski definition) is 16. The van der Waals surface area contributed by atoms with Gasteiger partial charge in [-0.05, 0) is 51.4 Å². The summed E-state index contributed by atoms with van der Waals surface area (Å²) in [5, 5.41) is 34.7. The van der Waals surface area contributed by atoms with Gasteiger partial charge in [0.25, 0.3) is 17.7 Å². The molecule has 11 aromatic rings. The van der Waals surface area contributed by atoms with Crippen molar-refractivity contribution in [3.05, 3.63) is 372 Å². The number of carboxylic acid groups (broad SMARTS) is 2. The molecule has 3 N–H and O–H groups in total. The van der Waals surface area contributed by atoms with E-state index in [1.807, 2.05) is 258 Å². The highest BCUT2D eigenvalue weighted by atomic mass is 16.5. The van der Waals surface area contributed by atoms with E-state index in [4.69, 9.17) is 19.3 Å². The molecule has 109 heavy (non-hydrogen) atoms. The van der Waals surface area contributed by atoms with Crippen LogP contribution in [0.15, 0.2) is 294 Å². The number of nitrogens with zero attached hydrogens (tertiary/aromatic N) is 9. The van der Waals surface area contributed by atoms with E-state index < -0.39 is 45.8 Å². The molecule has 0 aliphatic carbocycles. The van der Waals surface area contributed by atoms with Gasteiger partial charge in [0.05, 0.1) is 44.0 Å². The number of aromatic nitrogens is 3. The molecule has 24 heteroatoms. The quantitative estimate of drug-likeness (QED) is 0.0449. The Labute approximate surface area is 627 Å². The van der Waals surface area contributed by atoms with Crippen molar-refractivity contribution >= 4 is 35.6 Å². The predicted octanol–water partition coefficient (Wildman–Crippen LogP) is 10.7. The lowest BCUT2D eigenvalue weighted by atomic mass is 9.98. The lowest BCUT2D eigenvalue weighted by molar-refractivity contribution is -0.143. The molecule has 0 spiro atoms. The molecule has 0 saturated heterocycles. The van der Waals surface area contributed by atoms with Crippen LogP contribution in [0.3, 0.4) is 0 Å². The Morgan fingerprint density at radius 3 is 0.917 bits per heavy atom. The maximum atomic E-state index is 13.9. The molecule has 3 aromatic heterocycles. The number of pyridine rings is 3. The van der Waals surface area contributed by atoms with Crippen molar-refractivity contribution < 1.29 is 58.3 Å². The average molecular weight is 1470 g/mol. The Balaban J connectivity index is 0.000000154. The molecular formula is C85H79N9O15. The van der Waals surface area contributed by atoms with E-state index in [9.17, 15) is 53.4 Å². The molecule has 554 valence electrons. The summed E-state index contributed by atoms with van der Waals surface area (Å²) in [5.74, 6) is -4.62. The fourth-order valence-electron chi connectivity index (χ4n) is 13.4. The number of aromatic hydroxyl groups is 1. The number of carbonyl (C=O) groups excluding carboxylic acids is 4. The second kappa shape index (κ2) is 35.3. The number of carboxylic acids is 2.